The van der Waals surface area contributed by atoms with Gasteiger partial charge in [0.1, 0.15) is 12.2 Å². The summed E-state index contributed by atoms with van der Waals surface area (Å²) in [6, 6.07) is 9.61. The molecule has 19 heavy (non-hydrogen) atoms. The molecule has 3 rings (SSSR count). The number of benzene rings is 1. The van der Waals surface area contributed by atoms with Gasteiger partial charge in [-0.05, 0) is 12.8 Å². The normalized spacial score (nSPS) is 16.1. The minimum Gasteiger partial charge on any atom is -0.435 e. The van der Waals surface area contributed by atoms with Gasteiger partial charge in [0.15, 0.2) is 0 Å². The van der Waals surface area contributed by atoms with Gasteiger partial charge in [-0.2, -0.15) is 5.10 Å². The van der Waals surface area contributed by atoms with Crippen LogP contribution in [0.2, 0.25) is 0 Å². The Morgan fingerprint density at radius 3 is 2.74 bits per heavy atom. The largest absolute Gasteiger partial charge is 0.435 e. The molecule has 1 fully saturated rings. The van der Waals surface area contributed by atoms with E-state index in [1.54, 1.807) is 4.68 Å². The lowest BCUT2D eigenvalue weighted by Crippen LogP contribution is -2.20. The van der Waals surface area contributed by atoms with Gasteiger partial charge in [-0.3, -0.25) is 4.79 Å². The summed E-state index contributed by atoms with van der Waals surface area (Å²) in [5, 5.41) is 4.24. The number of carbonyl (C=O) groups excluding carboxylic acids is 1. The van der Waals surface area contributed by atoms with Crippen molar-refractivity contribution >= 4 is 5.97 Å². The molecular formula is C14H15N3O2. The molecule has 1 heterocycles. The van der Waals surface area contributed by atoms with Gasteiger partial charge in [0.05, 0.1) is 0 Å². The summed E-state index contributed by atoms with van der Waals surface area (Å²) in [7, 11) is 0. The third-order valence-corrected chi connectivity index (χ3v) is 3.13. The molecule has 1 aliphatic rings. The Bertz CT molecular complexity index is 575. The molecule has 0 radical (unpaired) electrons. The van der Waals surface area contributed by atoms with Crippen LogP contribution in [0, 0.1) is 0 Å². The first-order valence-corrected chi connectivity index (χ1v) is 6.37. The van der Waals surface area contributed by atoms with Crippen molar-refractivity contribution in [1.29, 1.82) is 0 Å². The summed E-state index contributed by atoms with van der Waals surface area (Å²) < 4.78 is 7.14. The third-order valence-electron chi connectivity index (χ3n) is 3.13. The van der Waals surface area contributed by atoms with Crippen molar-refractivity contribution in [2.24, 2.45) is 0 Å². The molecule has 0 aliphatic heterocycles. The van der Waals surface area contributed by atoms with Gasteiger partial charge in [0, 0.05) is 18.4 Å². The molecule has 5 nitrogen and oxygen atoms in total. The van der Waals surface area contributed by atoms with Crippen molar-refractivity contribution in [3.05, 3.63) is 48.0 Å². The van der Waals surface area contributed by atoms with Crippen molar-refractivity contribution in [3.63, 3.8) is 0 Å². The quantitative estimate of drug-likeness (QED) is 0.788. The number of hydrogen-bond donors (Lipinski definition) is 0. The Kier molecular flexibility index (Phi) is 3.03. The molecule has 0 amide bonds. The molecule has 5 heteroatoms. The summed E-state index contributed by atoms with van der Waals surface area (Å²) in [6.45, 7) is 1.41. The number of ether oxygens (including phenoxy) is 1. The van der Waals surface area contributed by atoms with Crippen molar-refractivity contribution in [3.8, 4) is 0 Å². The van der Waals surface area contributed by atoms with Gasteiger partial charge in [-0.25, -0.2) is 9.67 Å². The van der Waals surface area contributed by atoms with Crippen LogP contribution < -0.4 is 0 Å². The first kappa shape index (κ1) is 11.9. The predicted octanol–water partition coefficient (Wildman–Crippen LogP) is 2.27. The van der Waals surface area contributed by atoms with Crippen molar-refractivity contribution < 1.29 is 9.53 Å². The van der Waals surface area contributed by atoms with Crippen LogP contribution in [-0.4, -0.2) is 20.7 Å². The smallest absolute Gasteiger partial charge is 0.304 e. The summed E-state index contributed by atoms with van der Waals surface area (Å²) >= 11 is 0. The van der Waals surface area contributed by atoms with Crippen LogP contribution in [0.1, 0.15) is 43.3 Å². The van der Waals surface area contributed by atoms with Crippen LogP contribution in [-0.2, 0) is 9.53 Å². The maximum absolute atomic E-state index is 11.3. The number of carbonyl (C=O) groups is 1. The Balaban J connectivity index is 1.98. The van der Waals surface area contributed by atoms with Gasteiger partial charge in [0.25, 0.3) is 0 Å². The molecule has 0 bridgehead atoms. The lowest BCUT2D eigenvalue weighted by Gasteiger charge is -2.19. The van der Waals surface area contributed by atoms with Crippen LogP contribution in [0.25, 0.3) is 0 Å². The van der Waals surface area contributed by atoms with E-state index in [0.29, 0.717) is 5.92 Å². The van der Waals surface area contributed by atoms with Crippen LogP contribution in [0.4, 0.5) is 0 Å². The zero-order valence-corrected chi connectivity index (χ0v) is 10.7. The maximum Gasteiger partial charge on any atom is 0.304 e. The van der Waals surface area contributed by atoms with E-state index in [-0.39, 0.29) is 5.97 Å². The second kappa shape index (κ2) is 4.84. The van der Waals surface area contributed by atoms with Gasteiger partial charge in [-0.1, -0.05) is 30.3 Å². The van der Waals surface area contributed by atoms with E-state index in [0.717, 1.165) is 24.2 Å². The number of nitrogens with zero attached hydrogens (tertiary/aromatic N) is 3. The van der Waals surface area contributed by atoms with Crippen LogP contribution in [0.5, 0.6) is 0 Å². The second-order valence-electron chi connectivity index (χ2n) is 4.71. The lowest BCUT2D eigenvalue weighted by atomic mass is 10.2. The molecule has 1 aromatic heterocycles. The molecule has 1 aliphatic carbocycles. The highest BCUT2D eigenvalue weighted by atomic mass is 16.6. The summed E-state index contributed by atoms with van der Waals surface area (Å²) in [4.78, 5) is 15.6. The number of esters is 1. The maximum atomic E-state index is 11.3. The molecule has 0 spiro atoms. The van der Waals surface area contributed by atoms with Gasteiger partial charge >= 0.3 is 5.97 Å². The fraction of sp³-hybridized carbons (Fsp3) is 0.357. The zero-order valence-electron chi connectivity index (χ0n) is 10.7. The van der Waals surface area contributed by atoms with E-state index >= 15 is 0 Å². The van der Waals surface area contributed by atoms with Crippen LogP contribution >= 0.6 is 0 Å². The third kappa shape index (κ3) is 2.50. The standard InChI is InChI=1S/C14H15N3O2/c1-10(18)19-14(12-5-3-2-4-6-12)17-13(11-7-8-11)15-9-16-17/h2-6,9,11,14H,7-8H2,1H3. The highest BCUT2D eigenvalue weighted by Gasteiger charge is 2.32. The van der Waals surface area contributed by atoms with Gasteiger partial charge in [-0.15, -0.1) is 0 Å². The Hall–Kier alpha value is -2.17. The highest BCUT2D eigenvalue weighted by Crippen LogP contribution is 2.40. The van der Waals surface area contributed by atoms with Crippen LogP contribution in [0.15, 0.2) is 36.7 Å². The first-order valence-electron chi connectivity index (χ1n) is 6.37. The molecule has 1 aromatic carbocycles. The van der Waals surface area contributed by atoms with E-state index in [1.165, 1.54) is 13.3 Å². The van der Waals surface area contributed by atoms with Crippen LogP contribution in [0.3, 0.4) is 0 Å². The molecule has 0 N–H and O–H groups in total. The average Bonchev–Trinajstić information content (AvgIpc) is 3.15. The molecule has 0 saturated heterocycles. The fourth-order valence-electron chi connectivity index (χ4n) is 2.11. The van der Waals surface area contributed by atoms with E-state index in [9.17, 15) is 4.79 Å². The van der Waals surface area contributed by atoms with Crippen molar-refractivity contribution in [2.75, 3.05) is 0 Å². The highest BCUT2D eigenvalue weighted by molar-refractivity contribution is 5.66. The Morgan fingerprint density at radius 1 is 1.37 bits per heavy atom. The summed E-state index contributed by atoms with van der Waals surface area (Å²) in [6.07, 6.45) is 3.24. The zero-order chi connectivity index (χ0) is 13.2. The SMILES string of the molecule is CC(=O)OC(c1ccccc1)n1ncnc1C1CC1. The van der Waals surface area contributed by atoms with E-state index in [4.69, 9.17) is 4.74 Å². The average molecular weight is 257 g/mol. The minimum absolute atomic E-state index is 0.328. The van der Waals surface area contributed by atoms with E-state index < -0.39 is 6.23 Å². The first-order chi connectivity index (χ1) is 9.25. The monoisotopic (exact) mass is 257 g/mol. The predicted molar refractivity (Wildman–Crippen MR) is 68.3 cm³/mol. The topological polar surface area (TPSA) is 57.0 Å². The second-order valence-corrected chi connectivity index (χ2v) is 4.71. The van der Waals surface area contributed by atoms with Gasteiger partial charge < -0.3 is 4.74 Å². The van der Waals surface area contributed by atoms with Crippen molar-refractivity contribution in [2.45, 2.75) is 31.9 Å². The van der Waals surface area contributed by atoms with Crippen molar-refractivity contribution in [1.82, 2.24) is 14.8 Å². The van der Waals surface area contributed by atoms with Gasteiger partial charge in [0.2, 0.25) is 6.23 Å². The summed E-state index contributed by atoms with van der Waals surface area (Å²) in [5.74, 6) is 1.02. The van der Waals surface area contributed by atoms with E-state index in [2.05, 4.69) is 10.1 Å². The number of rotatable bonds is 4. The molecular weight excluding hydrogens is 242 g/mol. The molecule has 2 aromatic rings. The number of aromatic nitrogens is 3. The van der Waals surface area contributed by atoms with E-state index in [1.807, 2.05) is 30.3 Å². The molecule has 98 valence electrons. The summed E-state index contributed by atoms with van der Waals surface area (Å²) in [5.41, 5.74) is 0.894. The Morgan fingerprint density at radius 2 is 2.11 bits per heavy atom. The molecule has 1 atom stereocenters. The number of hydrogen-bond acceptors (Lipinski definition) is 4. The fourth-order valence-corrected chi connectivity index (χ4v) is 2.11. The molecule has 1 saturated carbocycles. The lowest BCUT2D eigenvalue weighted by molar-refractivity contribution is -0.149. The molecule has 1 unspecified atom stereocenters. The Labute approximate surface area is 111 Å². The minimum atomic E-state index is -0.531.